The van der Waals surface area contributed by atoms with Crippen molar-refractivity contribution >= 4 is 41.2 Å². The van der Waals surface area contributed by atoms with E-state index >= 15 is 0 Å². The van der Waals surface area contributed by atoms with Crippen LogP contribution in [0.15, 0.2) is 96.4 Å². The van der Waals surface area contributed by atoms with Crippen molar-refractivity contribution in [3.63, 3.8) is 0 Å². The summed E-state index contributed by atoms with van der Waals surface area (Å²) in [5.41, 5.74) is 6.98. The summed E-state index contributed by atoms with van der Waals surface area (Å²) >= 11 is 6.42. The molecule has 8 rings (SSSR count). The van der Waals surface area contributed by atoms with Gasteiger partial charge in [-0.1, -0.05) is 66.2 Å². The van der Waals surface area contributed by atoms with Crippen molar-refractivity contribution in [2.75, 3.05) is 4.90 Å². The molecule has 196 valence electrons. The number of hydrogen-bond acceptors (Lipinski definition) is 5. The van der Waals surface area contributed by atoms with Gasteiger partial charge in [0.15, 0.2) is 0 Å². The molecule has 1 aliphatic heterocycles. The molecule has 2 atom stereocenters. The molecule has 40 heavy (non-hydrogen) atoms. The van der Waals surface area contributed by atoms with Gasteiger partial charge in [-0.05, 0) is 59.0 Å². The van der Waals surface area contributed by atoms with Crippen molar-refractivity contribution < 1.29 is 14.4 Å². The monoisotopic (exact) mass is 546 g/mol. The van der Waals surface area contributed by atoms with Crippen LogP contribution < -0.4 is 10.3 Å². The Hall–Kier alpha value is -4.62. The van der Waals surface area contributed by atoms with Crippen molar-refractivity contribution in [3.05, 3.63) is 130 Å². The first kappa shape index (κ1) is 24.4. The Labute approximate surface area is 235 Å². The van der Waals surface area contributed by atoms with Gasteiger partial charge in [0.05, 0.1) is 28.5 Å². The van der Waals surface area contributed by atoms with Gasteiger partial charge >= 0.3 is 0 Å². The molecule has 2 heterocycles. The van der Waals surface area contributed by atoms with Crippen LogP contribution in [0.5, 0.6) is 0 Å². The van der Waals surface area contributed by atoms with Crippen molar-refractivity contribution in [1.82, 2.24) is 10.4 Å². The lowest BCUT2D eigenvalue weighted by molar-refractivity contribution is -0.122. The number of pyridine rings is 1. The minimum absolute atomic E-state index is 0.263. The molecule has 1 N–H and O–H groups in total. The maximum atomic E-state index is 14.4. The van der Waals surface area contributed by atoms with E-state index in [2.05, 4.69) is 15.5 Å². The van der Waals surface area contributed by atoms with E-state index in [0.717, 1.165) is 27.8 Å². The first-order chi connectivity index (χ1) is 19.4. The number of amides is 3. The zero-order chi connectivity index (χ0) is 27.6. The summed E-state index contributed by atoms with van der Waals surface area (Å²) in [5.74, 6) is -2.69. The number of aromatic nitrogens is 1. The van der Waals surface area contributed by atoms with Crippen molar-refractivity contribution in [2.24, 2.45) is 16.9 Å². The standard InChI is InChI=1S/C32H23ClN4O3/c1-18-12-13-20(15-25(18)33)37-30(39)27-26-21-8-2-4-10-23(21)32(28(27)31(37)40,24-11-5-3-9-22(24)26)17-35-36-29(38)19-7-6-14-34-16-19/h2-17,26-28H,1H3,(H,36,38)/b35-17-/t26?,27-,28+,32?/m0/s1. The number of rotatable bonds is 4. The smallest absolute Gasteiger partial charge is 0.272 e. The lowest BCUT2D eigenvalue weighted by Crippen LogP contribution is -2.54. The Bertz CT molecular complexity index is 1700. The predicted molar refractivity (Wildman–Crippen MR) is 151 cm³/mol. The van der Waals surface area contributed by atoms with Crippen LogP contribution in [0.2, 0.25) is 5.02 Å². The molecule has 4 aliphatic rings. The molecular formula is C32H23ClN4O3. The Morgan fingerprint density at radius 1 is 0.975 bits per heavy atom. The summed E-state index contributed by atoms with van der Waals surface area (Å²) in [5, 5.41) is 4.91. The molecule has 4 aromatic rings. The van der Waals surface area contributed by atoms with Gasteiger partial charge in [0.2, 0.25) is 11.8 Å². The van der Waals surface area contributed by atoms with Crippen LogP contribution >= 0.6 is 11.6 Å². The third-order valence-corrected chi connectivity index (χ3v) is 8.86. The number of benzene rings is 3. The minimum atomic E-state index is -1.08. The molecule has 8 heteroatoms. The molecule has 3 amide bonds. The van der Waals surface area contributed by atoms with E-state index in [9.17, 15) is 14.4 Å². The highest BCUT2D eigenvalue weighted by Crippen LogP contribution is 2.63. The molecule has 0 saturated carbocycles. The molecule has 3 aromatic carbocycles. The van der Waals surface area contributed by atoms with E-state index in [1.54, 1.807) is 36.7 Å². The summed E-state index contributed by atoms with van der Waals surface area (Å²) in [6, 6.07) is 24.3. The van der Waals surface area contributed by atoms with Crippen LogP contribution in [0.4, 0.5) is 5.69 Å². The predicted octanol–water partition coefficient (Wildman–Crippen LogP) is 5.01. The largest absolute Gasteiger partial charge is 0.274 e. The Kier molecular flexibility index (Phi) is 5.47. The van der Waals surface area contributed by atoms with Gasteiger partial charge in [0.1, 0.15) is 0 Å². The average molecular weight is 547 g/mol. The van der Waals surface area contributed by atoms with Gasteiger partial charge in [0.25, 0.3) is 5.91 Å². The van der Waals surface area contributed by atoms with Crippen molar-refractivity contribution in [3.8, 4) is 0 Å². The second-order valence-corrected chi connectivity index (χ2v) is 10.8. The number of anilines is 1. The zero-order valence-corrected chi connectivity index (χ0v) is 22.2. The number of aryl methyl sites for hydroxylation is 1. The molecule has 1 aromatic heterocycles. The minimum Gasteiger partial charge on any atom is -0.274 e. The molecule has 2 bridgehead atoms. The molecule has 0 unspecified atom stereocenters. The van der Waals surface area contributed by atoms with E-state index in [1.807, 2.05) is 61.5 Å². The van der Waals surface area contributed by atoms with Crippen LogP contribution in [0.3, 0.4) is 0 Å². The molecule has 0 spiro atoms. The number of hydrogen-bond donors (Lipinski definition) is 1. The maximum Gasteiger partial charge on any atom is 0.272 e. The summed E-state index contributed by atoms with van der Waals surface area (Å²) in [4.78, 5) is 46.7. The first-order valence-corrected chi connectivity index (χ1v) is 13.4. The average Bonchev–Trinajstić information content (AvgIpc) is 3.25. The van der Waals surface area contributed by atoms with Gasteiger partial charge < -0.3 is 0 Å². The maximum absolute atomic E-state index is 14.4. The van der Waals surface area contributed by atoms with Gasteiger partial charge in [-0.25, -0.2) is 10.3 Å². The van der Waals surface area contributed by atoms with Gasteiger partial charge in [0, 0.05) is 29.5 Å². The number of nitrogens with one attached hydrogen (secondary N) is 1. The van der Waals surface area contributed by atoms with Crippen LogP contribution in [0, 0.1) is 18.8 Å². The Balaban J connectivity index is 1.41. The number of nitrogens with zero attached hydrogens (tertiary/aromatic N) is 3. The number of hydrazone groups is 1. The number of carbonyl (C=O) groups excluding carboxylic acids is 3. The lowest BCUT2D eigenvalue weighted by atomic mass is 9.47. The molecule has 0 radical (unpaired) electrons. The molecule has 7 nitrogen and oxygen atoms in total. The highest BCUT2D eigenvalue weighted by Gasteiger charge is 2.68. The molecule has 1 saturated heterocycles. The highest BCUT2D eigenvalue weighted by molar-refractivity contribution is 6.32. The quantitative estimate of drug-likeness (QED) is 0.221. The van der Waals surface area contributed by atoms with E-state index in [1.165, 1.54) is 11.1 Å². The number of imide groups is 1. The van der Waals surface area contributed by atoms with Crippen LogP contribution in [0.25, 0.3) is 0 Å². The fourth-order valence-corrected chi connectivity index (χ4v) is 6.95. The second-order valence-electron chi connectivity index (χ2n) is 10.4. The summed E-state index contributed by atoms with van der Waals surface area (Å²) in [7, 11) is 0. The third-order valence-electron chi connectivity index (χ3n) is 8.46. The fraction of sp³-hybridized carbons (Fsp3) is 0.156. The van der Waals surface area contributed by atoms with Crippen molar-refractivity contribution in [1.29, 1.82) is 0 Å². The number of carbonyl (C=O) groups is 3. The topological polar surface area (TPSA) is 91.7 Å². The number of halogens is 1. The van der Waals surface area contributed by atoms with Gasteiger partial charge in [-0.15, -0.1) is 0 Å². The molecule has 1 fully saturated rings. The summed E-state index contributed by atoms with van der Waals surface area (Å²) in [6.07, 6.45) is 4.69. The van der Waals surface area contributed by atoms with E-state index < -0.39 is 23.2 Å². The Morgan fingerprint density at radius 3 is 2.33 bits per heavy atom. The summed E-state index contributed by atoms with van der Waals surface area (Å²) in [6.45, 7) is 1.87. The van der Waals surface area contributed by atoms with Crippen molar-refractivity contribution in [2.45, 2.75) is 18.3 Å². The zero-order valence-electron chi connectivity index (χ0n) is 21.4. The van der Waals surface area contributed by atoms with Crippen LogP contribution in [-0.2, 0) is 15.0 Å². The van der Waals surface area contributed by atoms with Gasteiger partial charge in [-0.2, -0.15) is 5.10 Å². The summed E-state index contributed by atoms with van der Waals surface area (Å²) < 4.78 is 0. The fourth-order valence-electron chi connectivity index (χ4n) is 6.78. The van der Waals surface area contributed by atoms with Crippen LogP contribution in [-0.4, -0.2) is 28.9 Å². The second kappa shape index (κ2) is 8.96. The van der Waals surface area contributed by atoms with E-state index in [4.69, 9.17) is 11.6 Å². The highest BCUT2D eigenvalue weighted by atomic mass is 35.5. The first-order valence-electron chi connectivity index (χ1n) is 13.0. The normalized spacial score (nSPS) is 24.1. The lowest BCUT2D eigenvalue weighted by Gasteiger charge is -2.52. The molecular weight excluding hydrogens is 524 g/mol. The third kappa shape index (κ3) is 3.27. The molecule has 3 aliphatic carbocycles. The van der Waals surface area contributed by atoms with E-state index in [-0.39, 0.29) is 17.7 Å². The van der Waals surface area contributed by atoms with Gasteiger partial charge in [-0.3, -0.25) is 19.4 Å². The van der Waals surface area contributed by atoms with E-state index in [0.29, 0.717) is 16.3 Å². The Morgan fingerprint density at radius 2 is 1.68 bits per heavy atom. The van der Waals surface area contributed by atoms with Crippen LogP contribution in [0.1, 0.15) is 44.1 Å². The SMILES string of the molecule is Cc1ccc(N2C(=O)[C@H]3C4c5ccccc5C(/C=N\NC(=O)c5cccnc5)(c5ccccc54)[C@H]3C2=O)cc1Cl.